The van der Waals surface area contributed by atoms with E-state index < -0.39 is 22.7 Å². The Morgan fingerprint density at radius 1 is 1.40 bits per heavy atom. The molecule has 0 aliphatic heterocycles. The highest BCUT2D eigenvalue weighted by Crippen LogP contribution is 2.16. The number of hydrogen-bond acceptors (Lipinski definition) is 5. The topological polar surface area (TPSA) is 119 Å². The van der Waals surface area contributed by atoms with E-state index in [1.165, 1.54) is 31.2 Å². The fourth-order valence-corrected chi connectivity index (χ4v) is 1.22. The number of carboxylic acids is 1. The lowest BCUT2D eigenvalue weighted by atomic mass is 10.2. The number of hydrogen-bond donors (Lipinski definition) is 2. The number of carboxylic acid groups (broad SMARTS) is 1. The molecule has 1 amide bonds. The van der Waals surface area contributed by atoms with Crippen LogP contribution in [-0.4, -0.2) is 35.1 Å². The van der Waals surface area contributed by atoms with E-state index in [4.69, 9.17) is 9.84 Å². The summed E-state index contributed by atoms with van der Waals surface area (Å²) in [4.78, 5) is 31.8. The first-order valence-electron chi connectivity index (χ1n) is 5.77. The first-order chi connectivity index (χ1) is 9.40. The zero-order chi connectivity index (χ0) is 15.1. The molecule has 2 N–H and O–H groups in total. The van der Waals surface area contributed by atoms with Crippen LogP contribution in [0.25, 0.3) is 0 Å². The molecule has 108 valence electrons. The van der Waals surface area contributed by atoms with Crippen LogP contribution in [0.1, 0.15) is 6.92 Å². The quantitative estimate of drug-likeness (QED) is 0.564. The lowest BCUT2D eigenvalue weighted by Gasteiger charge is -2.09. The summed E-state index contributed by atoms with van der Waals surface area (Å²) in [6.07, 6.45) is 0. The largest absolute Gasteiger partial charge is 0.484 e. The number of nitro benzene ring substituents is 1. The van der Waals surface area contributed by atoms with Crippen LogP contribution in [0.4, 0.5) is 5.69 Å². The Labute approximate surface area is 114 Å². The normalized spacial score (nSPS) is 11.4. The van der Waals surface area contributed by atoms with Crippen LogP contribution in [0.15, 0.2) is 24.3 Å². The predicted molar refractivity (Wildman–Crippen MR) is 68.4 cm³/mol. The molecule has 1 aromatic rings. The Morgan fingerprint density at radius 2 is 2.00 bits per heavy atom. The molecule has 0 aliphatic carbocycles. The van der Waals surface area contributed by atoms with E-state index in [0.717, 1.165) is 0 Å². The molecule has 20 heavy (non-hydrogen) atoms. The molecular weight excluding hydrogens is 268 g/mol. The standard InChI is InChI=1S/C12H14N2O6/c1-8(12(16)17)6-13-11(15)7-20-10-4-2-9(3-5-10)14(18)19/h2-5,8H,6-7H2,1H3,(H,13,15)(H,16,17). The van der Waals surface area contributed by atoms with E-state index in [1.54, 1.807) is 0 Å². The van der Waals surface area contributed by atoms with Gasteiger partial charge in [0.15, 0.2) is 6.61 Å². The molecule has 8 heteroatoms. The van der Waals surface area contributed by atoms with Crippen LogP contribution < -0.4 is 10.1 Å². The average molecular weight is 282 g/mol. The van der Waals surface area contributed by atoms with Crippen molar-refractivity contribution in [1.82, 2.24) is 5.32 Å². The summed E-state index contributed by atoms with van der Waals surface area (Å²) in [5, 5.41) is 21.5. The van der Waals surface area contributed by atoms with E-state index in [1.807, 2.05) is 0 Å². The third-order valence-corrected chi connectivity index (χ3v) is 2.44. The number of benzene rings is 1. The van der Waals surface area contributed by atoms with Crippen molar-refractivity contribution in [2.75, 3.05) is 13.2 Å². The number of nitro groups is 1. The van der Waals surface area contributed by atoms with Gasteiger partial charge in [-0.3, -0.25) is 19.7 Å². The van der Waals surface area contributed by atoms with Gasteiger partial charge in [0.25, 0.3) is 11.6 Å². The summed E-state index contributed by atoms with van der Waals surface area (Å²) < 4.78 is 5.11. The van der Waals surface area contributed by atoms with Crippen molar-refractivity contribution in [3.63, 3.8) is 0 Å². The fraction of sp³-hybridized carbons (Fsp3) is 0.333. The Morgan fingerprint density at radius 3 is 2.50 bits per heavy atom. The molecule has 0 aromatic heterocycles. The molecule has 0 saturated heterocycles. The second-order valence-corrected chi connectivity index (χ2v) is 4.08. The van der Waals surface area contributed by atoms with Gasteiger partial charge in [-0.15, -0.1) is 0 Å². The van der Waals surface area contributed by atoms with Gasteiger partial charge < -0.3 is 15.2 Å². The number of aliphatic carboxylic acids is 1. The number of amides is 1. The molecular formula is C12H14N2O6. The van der Waals surface area contributed by atoms with Crippen molar-refractivity contribution >= 4 is 17.6 Å². The van der Waals surface area contributed by atoms with Gasteiger partial charge >= 0.3 is 5.97 Å². The number of carbonyl (C=O) groups is 2. The number of nitrogens with one attached hydrogen (secondary N) is 1. The van der Waals surface area contributed by atoms with Crippen LogP contribution in [0, 0.1) is 16.0 Å². The van der Waals surface area contributed by atoms with E-state index in [-0.39, 0.29) is 18.8 Å². The zero-order valence-electron chi connectivity index (χ0n) is 10.7. The summed E-state index contributed by atoms with van der Waals surface area (Å²) in [7, 11) is 0. The Balaban J connectivity index is 2.37. The van der Waals surface area contributed by atoms with Gasteiger partial charge in [0.1, 0.15) is 5.75 Å². The van der Waals surface area contributed by atoms with Gasteiger partial charge in [-0.05, 0) is 12.1 Å². The molecule has 8 nitrogen and oxygen atoms in total. The molecule has 0 radical (unpaired) electrons. The molecule has 0 saturated carbocycles. The Bertz CT molecular complexity index is 499. The van der Waals surface area contributed by atoms with Gasteiger partial charge in [0.05, 0.1) is 10.8 Å². The highest BCUT2D eigenvalue weighted by Gasteiger charge is 2.12. The third-order valence-electron chi connectivity index (χ3n) is 2.44. The lowest BCUT2D eigenvalue weighted by molar-refractivity contribution is -0.384. The second-order valence-electron chi connectivity index (χ2n) is 4.08. The lowest BCUT2D eigenvalue weighted by Crippen LogP contribution is -2.34. The van der Waals surface area contributed by atoms with Crippen molar-refractivity contribution in [3.8, 4) is 5.75 Å². The molecule has 0 fully saturated rings. The first kappa shape index (κ1) is 15.4. The molecule has 1 atom stereocenters. The van der Waals surface area contributed by atoms with E-state index in [0.29, 0.717) is 5.75 Å². The molecule has 0 heterocycles. The highest BCUT2D eigenvalue weighted by molar-refractivity contribution is 5.78. The van der Waals surface area contributed by atoms with Crippen LogP contribution in [0.3, 0.4) is 0 Å². The minimum absolute atomic E-state index is 0.0117. The molecule has 0 aliphatic rings. The predicted octanol–water partition coefficient (Wildman–Crippen LogP) is 0.810. The zero-order valence-corrected chi connectivity index (χ0v) is 10.7. The first-order valence-corrected chi connectivity index (χ1v) is 5.77. The van der Waals surface area contributed by atoms with Crippen LogP contribution in [-0.2, 0) is 9.59 Å². The molecule has 1 aromatic carbocycles. The van der Waals surface area contributed by atoms with E-state index in [2.05, 4.69) is 5.32 Å². The average Bonchev–Trinajstić information content (AvgIpc) is 2.42. The minimum atomic E-state index is -0.999. The van der Waals surface area contributed by atoms with Crippen LogP contribution >= 0.6 is 0 Å². The fourth-order valence-electron chi connectivity index (χ4n) is 1.22. The number of rotatable bonds is 7. The Hall–Kier alpha value is -2.64. The molecule has 1 unspecified atom stereocenters. The number of ether oxygens (including phenoxy) is 1. The summed E-state index contributed by atoms with van der Waals surface area (Å²) in [5.74, 6) is -1.83. The van der Waals surface area contributed by atoms with Crippen molar-refractivity contribution in [2.24, 2.45) is 5.92 Å². The highest BCUT2D eigenvalue weighted by atomic mass is 16.6. The maximum absolute atomic E-state index is 11.4. The van der Waals surface area contributed by atoms with Gasteiger partial charge in [-0.1, -0.05) is 6.92 Å². The summed E-state index contributed by atoms with van der Waals surface area (Å²) in [6.45, 7) is 1.20. The maximum Gasteiger partial charge on any atom is 0.308 e. The van der Waals surface area contributed by atoms with E-state index in [9.17, 15) is 19.7 Å². The van der Waals surface area contributed by atoms with Crippen molar-refractivity contribution < 1.29 is 24.4 Å². The number of carbonyl (C=O) groups excluding carboxylic acids is 1. The van der Waals surface area contributed by atoms with Crippen molar-refractivity contribution in [3.05, 3.63) is 34.4 Å². The van der Waals surface area contributed by atoms with Crippen molar-refractivity contribution in [1.29, 1.82) is 0 Å². The van der Waals surface area contributed by atoms with Crippen molar-refractivity contribution in [2.45, 2.75) is 6.92 Å². The van der Waals surface area contributed by atoms with Gasteiger partial charge in [0.2, 0.25) is 0 Å². The monoisotopic (exact) mass is 282 g/mol. The van der Waals surface area contributed by atoms with Gasteiger partial charge in [-0.25, -0.2) is 0 Å². The molecule has 0 spiro atoms. The van der Waals surface area contributed by atoms with Crippen LogP contribution in [0.5, 0.6) is 5.75 Å². The van der Waals surface area contributed by atoms with Gasteiger partial charge in [0, 0.05) is 18.7 Å². The minimum Gasteiger partial charge on any atom is -0.484 e. The van der Waals surface area contributed by atoms with E-state index >= 15 is 0 Å². The summed E-state index contributed by atoms with van der Waals surface area (Å²) in [5.41, 5.74) is -0.0721. The van der Waals surface area contributed by atoms with Crippen LogP contribution in [0.2, 0.25) is 0 Å². The Kier molecular flexibility index (Phi) is 5.45. The SMILES string of the molecule is CC(CNC(=O)COc1ccc([N+](=O)[O-])cc1)C(=O)O. The number of nitrogens with zero attached hydrogens (tertiary/aromatic N) is 1. The third kappa shape index (κ3) is 4.92. The maximum atomic E-state index is 11.4. The second kappa shape index (κ2) is 7.07. The number of non-ortho nitro benzene ring substituents is 1. The molecule has 1 rings (SSSR count). The molecule has 0 bridgehead atoms. The summed E-state index contributed by atoms with van der Waals surface area (Å²) >= 11 is 0. The van der Waals surface area contributed by atoms with Gasteiger partial charge in [-0.2, -0.15) is 0 Å². The summed E-state index contributed by atoms with van der Waals surface area (Å²) in [6, 6.07) is 5.29. The smallest absolute Gasteiger partial charge is 0.308 e.